The van der Waals surface area contributed by atoms with Crippen molar-refractivity contribution in [3.05, 3.63) is 45.4 Å². The molecule has 16 heteroatoms. The standard InChI is InChI=1S/C24H27N7O7S2/c1-29-6-5-15-18(12-29)39-21(27-15)22(32)31-8-7-30(11-17(31)23(33)34)40(36,37)19-10-13-3-4-14(9-16(13)26-19)20(25)28-24(35)38-2/h3-4,9-10,17,26H,5-8,11-12H2,1-2H3,(H,33,34)(H2,25,28,35). The number of carbonyl (C=O) groups is 3. The van der Waals surface area contributed by atoms with Crippen LogP contribution in [-0.2, 0) is 32.5 Å². The number of hydrogen-bond acceptors (Lipinski definition) is 10. The molecule has 1 atom stereocenters. The molecule has 5 rings (SSSR count). The molecule has 2 aromatic heterocycles. The van der Waals surface area contributed by atoms with Gasteiger partial charge < -0.3 is 24.6 Å². The maximum atomic E-state index is 13.5. The molecule has 1 unspecified atom stereocenters. The molecule has 4 heterocycles. The molecule has 0 aliphatic carbocycles. The van der Waals surface area contributed by atoms with Crippen molar-refractivity contribution in [3.8, 4) is 0 Å². The molecule has 2 aliphatic heterocycles. The molecule has 4 N–H and O–H groups in total. The van der Waals surface area contributed by atoms with Crippen molar-refractivity contribution in [2.24, 2.45) is 0 Å². The second kappa shape index (κ2) is 10.6. The zero-order valence-corrected chi connectivity index (χ0v) is 23.3. The van der Waals surface area contributed by atoms with E-state index < -0.39 is 40.6 Å². The Morgan fingerprint density at radius 2 is 2.00 bits per heavy atom. The number of aromatic nitrogens is 2. The van der Waals surface area contributed by atoms with E-state index in [2.05, 4.69) is 24.9 Å². The van der Waals surface area contributed by atoms with E-state index in [9.17, 15) is 27.9 Å². The van der Waals surface area contributed by atoms with Crippen LogP contribution in [0, 0.1) is 5.41 Å². The predicted molar refractivity (Wildman–Crippen MR) is 144 cm³/mol. The van der Waals surface area contributed by atoms with Crippen LogP contribution >= 0.6 is 11.3 Å². The lowest BCUT2D eigenvalue weighted by molar-refractivity contribution is -0.143. The number of sulfonamides is 1. The van der Waals surface area contributed by atoms with Crippen LogP contribution in [0.15, 0.2) is 29.3 Å². The number of carboxylic acid groups (broad SMARTS) is 1. The van der Waals surface area contributed by atoms with Crippen molar-refractivity contribution in [2.45, 2.75) is 24.0 Å². The number of carbonyl (C=O) groups excluding carboxylic acids is 2. The van der Waals surface area contributed by atoms with E-state index in [4.69, 9.17) is 5.41 Å². The smallest absolute Gasteiger partial charge is 0.412 e. The number of aliphatic carboxylic acids is 1. The van der Waals surface area contributed by atoms with Gasteiger partial charge in [-0.25, -0.2) is 23.0 Å². The van der Waals surface area contributed by atoms with Crippen LogP contribution in [-0.4, -0.2) is 108 Å². The summed E-state index contributed by atoms with van der Waals surface area (Å²) in [5.74, 6) is -2.06. The molecule has 1 aromatic carbocycles. The van der Waals surface area contributed by atoms with Crippen molar-refractivity contribution in [2.75, 3.05) is 40.3 Å². The largest absolute Gasteiger partial charge is 0.480 e. The van der Waals surface area contributed by atoms with Crippen molar-refractivity contribution >= 4 is 56.1 Å². The second-order valence-electron chi connectivity index (χ2n) is 9.52. The Labute approximate surface area is 233 Å². The molecule has 40 heavy (non-hydrogen) atoms. The van der Waals surface area contributed by atoms with Gasteiger partial charge in [-0.1, -0.05) is 12.1 Å². The van der Waals surface area contributed by atoms with E-state index in [0.717, 1.165) is 21.4 Å². The number of ether oxygens (including phenoxy) is 1. The molecule has 14 nitrogen and oxygen atoms in total. The first-order valence-corrected chi connectivity index (χ1v) is 14.5. The minimum Gasteiger partial charge on any atom is -0.480 e. The first-order chi connectivity index (χ1) is 19.0. The van der Waals surface area contributed by atoms with E-state index >= 15 is 0 Å². The fourth-order valence-corrected chi connectivity index (χ4v) is 7.32. The average molecular weight is 590 g/mol. The van der Waals surface area contributed by atoms with E-state index in [0.29, 0.717) is 29.4 Å². The van der Waals surface area contributed by atoms with E-state index in [1.54, 1.807) is 12.1 Å². The lowest BCUT2D eigenvalue weighted by Crippen LogP contribution is -2.59. The van der Waals surface area contributed by atoms with Gasteiger partial charge in [-0.3, -0.25) is 15.5 Å². The molecule has 0 bridgehead atoms. The fourth-order valence-electron chi connectivity index (χ4n) is 4.73. The van der Waals surface area contributed by atoms with Gasteiger partial charge in [0.15, 0.2) is 5.01 Å². The Morgan fingerprint density at radius 3 is 2.73 bits per heavy atom. The fraction of sp³-hybridized carbons (Fsp3) is 0.375. The van der Waals surface area contributed by atoms with Crippen LogP contribution in [0.2, 0.25) is 0 Å². The van der Waals surface area contributed by atoms with Crippen LogP contribution in [0.5, 0.6) is 0 Å². The number of likely N-dealkylation sites (N-methyl/N-ethyl adjacent to an activating group) is 1. The van der Waals surface area contributed by atoms with Crippen molar-refractivity contribution in [1.29, 1.82) is 5.41 Å². The Morgan fingerprint density at radius 1 is 1.23 bits per heavy atom. The number of nitrogens with zero attached hydrogens (tertiary/aromatic N) is 4. The number of carboxylic acids is 1. The quantitative estimate of drug-likeness (QED) is 0.247. The summed E-state index contributed by atoms with van der Waals surface area (Å²) >= 11 is 1.25. The highest BCUT2D eigenvalue weighted by molar-refractivity contribution is 7.89. The number of nitrogens with one attached hydrogen (secondary N) is 3. The molecule has 0 spiro atoms. The summed E-state index contributed by atoms with van der Waals surface area (Å²) in [6.07, 6.45) is -0.105. The number of rotatable bonds is 5. The van der Waals surface area contributed by atoms with Crippen molar-refractivity contribution in [3.63, 3.8) is 0 Å². The van der Waals surface area contributed by atoms with Crippen LogP contribution in [0.3, 0.4) is 0 Å². The number of methoxy groups -OCH3 is 1. The summed E-state index contributed by atoms with van der Waals surface area (Å²) in [5.41, 5.74) is 1.56. The molecular weight excluding hydrogens is 562 g/mol. The Kier molecular flexibility index (Phi) is 7.34. The average Bonchev–Trinajstić information content (AvgIpc) is 3.56. The van der Waals surface area contributed by atoms with Gasteiger partial charge in [0.25, 0.3) is 15.9 Å². The van der Waals surface area contributed by atoms with E-state index in [-0.39, 0.29) is 29.0 Å². The maximum Gasteiger partial charge on any atom is 0.412 e. The number of benzene rings is 1. The molecule has 2 amide bonds. The number of amidine groups is 1. The zero-order valence-electron chi connectivity index (χ0n) is 21.6. The molecular formula is C24H27N7O7S2. The first-order valence-electron chi connectivity index (χ1n) is 12.3. The Balaban J connectivity index is 1.35. The predicted octanol–water partition coefficient (Wildman–Crippen LogP) is 0.894. The van der Waals surface area contributed by atoms with Gasteiger partial charge in [-0.05, 0) is 19.2 Å². The van der Waals surface area contributed by atoms with Gasteiger partial charge >= 0.3 is 12.1 Å². The monoisotopic (exact) mass is 589 g/mol. The number of piperazine rings is 1. The van der Waals surface area contributed by atoms with Gasteiger partial charge in [-0.15, -0.1) is 11.3 Å². The summed E-state index contributed by atoms with van der Waals surface area (Å²) in [5, 5.41) is 20.8. The van der Waals surface area contributed by atoms with E-state index in [1.807, 2.05) is 7.05 Å². The summed E-state index contributed by atoms with van der Waals surface area (Å²) in [4.78, 5) is 48.4. The number of thiazole rings is 1. The Bertz CT molecular complexity index is 1630. The number of alkyl carbamates (subject to hydrolysis) is 1. The minimum atomic E-state index is -4.15. The summed E-state index contributed by atoms with van der Waals surface area (Å²) in [6, 6.07) is 4.67. The molecule has 1 fully saturated rings. The highest BCUT2D eigenvalue weighted by Crippen LogP contribution is 2.28. The van der Waals surface area contributed by atoms with Crippen LogP contribution in [0.4, 0.5) is 4.79 Å². The molecule has 0 radical (unpaired) electrons. The highest BCUT2D eigenvalue weighted by Gasteiger charge is 2.41. The zero-order chi connectivity index (χ0) is 28.8. The van der Waals surface area contributed by atoms with Crippen LogP contribution in [0.25, 0.3) is 10.9 Å². The van der Waals surface area contributed by atoms with E-state index in [1.165, 1.54) is 35.5 Å². The second-order valence-corrected chi connectivity index (χ2v) is 12.5. The number of hydrogen-bond donors (Lipinski definition) is 4. The normalized spacial score (nSPS) is 18.4. The molecule has 1 saturated heterocycles. The Hall–Kier alpha value is -3.86. The maximum absolute atomic E-state index is 13.5. The van der Waals surface area contributed by atoms with Gasteiger partial charge in [0, 0.05) is 60.5 Å². The number of amides is 2. The third-order valence-electron chi connectivity index (χ3n) is 6.91. The summed E-state index contributed by atoms with van der Waals surface area (Å²) in [7, 11) is -1.01. The summed E-state index contributed by atoms with van der Waals surface area (Å²) < 4.78 is 32.5. The van der Waals surface area contributed by atoms with Gasteiger partial charge in [0.2, 0.25) is 0 Å². The molecule has 212 valence electrons. The molecule has 0 saturated carbocycles. The summed E-state index contributed by atoms with van der Waals surface area (Å²) in [6.45, 7) is 0.857. The number of H-pyrrole nitrogens is 1. The van der Waals surface area contributed by atoms with Crippen molar-refractivity contribution in [1.82, 2.24) is 29.4 Å². The molecule has 3 aromatic rings. The van der Waals surface area contributed by atoms with Gasteiger partial charge in [-0.2, -0.15) is 4.31 Å². The first kappa shape index (κ1) is 27.7. The van der Waals surface area contributed by atoms with Gasteiger partial charge in [0.1, 0.15) is 16.9 Å². The third kappa shape index (κ3) is 5.17. The lowest BCUT2D eigenvalue weighted by atomic mass is 10.1. The minimum absolute atomic E-state index is 0.0972. The topological polar surface area (TPSA) is 189 Å². The molecule has 2 aliphatic rings. The number of fused-ring (bicyclic) bond motifs is 2. The third-order valence-corrected chi connectivity index (χ3v) is 9.77. The highest BCUT2D eigenvalue weighted by atomic mass is 32.2. The SMILES string of the molecule is COC(=O)NC(=N)c1ccc2cc(S(=O)(=O)N3CCN(C(=O)c4nc5c(s4)CN(C)CC5)C(C(=O)O)C3)[nH]c2c1. The van der Waals surface area contributed by atoms with Gasteiger partial charge in [0.05, 0.1) is 12.8 Å². The van der Waals surface area contributed by atoms with Crippen LogP contribution < -0.4 is 5.32 Å². The number of aromatic amines is 1. The van der Waals surface area contributed by atoms with Crippen LogP contribution in [0.1, 0.15) is 25.9 Å². The van der Waals surface area contributed by atoms with Crippen molar-refractivity contribution < 1.29 is 32.6 Å². The lowest BCUT2D eigenvalue weighted by Gasteiger charge is -2.37.